The van der Waals surface area contributed by atoms with E-state index in [9.17, 15) is 9.59 Å². The fourth-order valence-corrected chi connectivity index (χ4v) is 3.02. The van der Waals surface area contributed by atoms with Crippen LogP contribution in [0.3, 0.4) is 0 Å². The van der Waals surface area contributed by atoms with Gasteiger partial charge in [-0.05, 0) is 57.0 Å². The van der Waals surface area contributed by atoms with Crippen LogP contribution in [0.5, 0.6) is 0 Å². The van der Waals surface area contributed by atoms with Crippen LogP contribution in [0.1, 0.15) is 34.0 Å². The summed E-state index contributed by atoms with van der Waals surface area (Å²) >= 11 is 11.8. The lowest BCUT2D eigenvalue weighted by atomic mass is 10.0. The van der Waals surface area contributed by atoms with Crippen LogP contribution in [-0.4, -0.2) is 18.0 Å². The number of rotatable bonds is 4. The highest BCUT2D eigenvalue weighted by atomic mass is 35.5. The number of aryl methyl sites for hydroxylation is 3. The molecule has 0 aliphatic carbocycles. The van der Waals surface area contributed by atoms with Gasteiger partial charge < -0.3 is 10.1 Å². The normalized spacial score (nSPS) is 11.8. The molecule has 0 fully saturated rings. The molecule has 0 heterocycles. The highest BCUT2D eigenvalue weighted by molar-refractivity contribution is 6.36. The van der Waals surface area contributed by atoms with E-state index in [1.54, 1.807) is 0 Å². The van der Waals surface area contributed by atoms with E-state index in [4.69, 9.17) is 27.9 Å². The summed E-state index contributed by atoms with van der Waals surface area (Å²) in [5.74, 6) is -1.09. The largest absolute Gasteiger partial charge is 0.449 e. The van der Waals surface area contributed by atoms with Gasteiger partial charge in [-0.25, -0.2) is 4.79 Å². The Kier molecular flexibility index (Phi) is 6.09. The molecule has 1 amide bonds. The van der Waals surface area contributed by atoms with Gasteiger partial charge in [-0.2, -0.15) is 0 Å². The monoisotopic (exact) mass is 379 g/mol. The van der Waals surface area contributed by atoms with E-state index in [0.717, 1.165) is 22.4 Å². The van der Waals surface area contributed by atoms with Crippen LogP contribution in [0.15, 0.2) is 30.3 Å². The van der Waals surface area contributed by atoms with Crippen molar-refractivity contribution in [2.24, 2.45) is 0 Å². The number of hydrogen-bond acceptors (Lipinski definition) is 3. The molecule has 1 N–H and O–H groups in total. The lowest BCUT2D eigenvalue weighted by Crippen LogP contribution is -2.30. The van der Waals surface area contributed by atoms with Crippen molar-refractivity contribution in [2.75, 3.05) is 5.32 Å². The minimum absolute atomic E-state index is 0.161. The van der Waals surface area contributed by atoms with Gasteiger partial charge in [-0.3, -0.25) is 4.79 Å². The number of anilines is 1. The van der Waals surface area contributed by atoms with E-state index in [2.05, 4.69) is 5.32 Å². The van der Waals surface area contributed by atoms with Crippen LogP contribution < -0.4 is 5.32 Å². The van der Waals surface area contributed by atoms with Crippen molar-refractivity contribution < 1.29 is 14.3 Å². The Morgan fingerprint density at radius 1 is 1.04 bits per heavy atom. The molecule has 0 spiro atoms. The van der Waals surface area contributed by atoms with Crippen molar-refractivity contribution in [3.8, 4) is 0 Å². The molecule has 6 heteroatoms. The Bertz CT molecular complexity index is 810. The first-order chi connectivity index (χ1) is 11.7. The third-order valence-electron chi connectivity index (χ3n) is 3.73. The molecule has 25 heavy (non-hydrogen) atoms. The van der Waals surface area contributed by atoms with E-state index in [-0.39, 0.29) is 10.6 Å². The summed E-state index contributed by atoms with van der Waals surface area (Å²) in [6.07, 6.45) is -0.973. The summed E-state index contributed by atoms with van der Waals surface area (Å²) in [5, 5.41) is 3.41. The molecular weight excluding hydrogens is 361 g/mol. The molecule has 0 radical (unpaired) electrons. The Balaban J connectivity index is 2.09. The van der Waals surface area contributed by atoms with Crippen molar-refractivity contribution >= 4 is 40.8 Å². The fraction of sp³-hybridized carbons (Fsp3) is 0.263. The SMILES string of the molecule is Cc1cc(C)c(NC(=O)[C@@H](C)OC(=O)c2ccc(Cl)cc2Cl)c(C)c1. The molecule has 4 nitrogen and oxygen atoms in total. The highest BCUT2D eigenvalue weighted by Crippen LogP contribution is 2.24. The van der Waals surface area contributed by atoms with Gasteiger partial charge in [0, 0.05) is 10.7 Å². The number of hydrogen-bond donors (Lipinski definition) is 1. The Morgan fingerprint density at radius 3 is 2.20 bits per heavy atom. The van der Waals surface area contributed by atoms with Gasteiger partial charge in [0.2, 0.25) is 0 Å². The molecule has 0 saturated carbocycles. The highest BCUT2D eigenvalue weighted by Gasteiger charge is 2.21. The van der Waals surface area contributed by atoms with Crippen molar-refractivity contribution in [1.29, 1.82) is 0 Å². The number of ether oxygens (including phenoxy) is 1. The van der Waals surface area contributed by atoms with Crippen molar-refractivity contribution in [1.82, 2.24) is 0 Å². The smallest absolute Gasteiger partial charge is 0.340 e. The topological polar surface area (TPSA) is 55.4 Å². The average molecular weight is 380 g/mol. The van der Waals surface area contributed by atoms with E-state index in [1.807, 2.05) is 32.9 Å². The van der Waals surface area contributed by atoms with E-state index in [1.165, 1.54) is 25.1 Å². The predicted molar refractivity (Wildman–Crippen MR) is 101 cm³/mol. The summed E-state index contributed by atoms with van der Waals surface area (Å²) in [6, 6.07) is 8.41. The van der Waals surface area contributed by atoms with Crippen LogP contribution in [0, 0.1) is 20.8 Å². The lowest BCUT2D eigenvalue weighted by molar-refractivity contribution is -0.123. The summed E-state index contributed by atoms with van der Waals surface area (Å²) < 4.78 is 5.22. The molecule has 132 valence electrons. The summed E-state index contributed by atoms with van der Waals surface area (Å²) in [6.45, 7) is 7.33. The number of amides is 1. The Labute approximate surface area is 157 Å². The molecule has 0 bridgehead atoms. The molecule has 0 aliphatic heterocycles. The Morgan fingerprint density at radius 2 is 1.64 bits per heavy atom. The summed E-state index contributed by atoms with van der Waals surface area (Å²) in [5.41, 5.74) is 3.90. The molecule has 0 aliphatic rings. The van der Waals surface area contributed by atoms with Crippen molar-refractivity contribution in [3.05, 3.63) is 62.6 Å². The first kappa shape index (κ1) is 19.3. The second-order valence-electron chi connectivity index (χ2n) is 5.93. The van der Waals surface area contributed by atoms with Crippen molar-refractivity contribution in [2.45, 2.75) is 33.8 Å². The fourth-order valence-electron chi connectivity index (χ4n) is 2.53. The zero-order valence-corrected chi connectivity index (χ0v) is 16.0. The van der Waals surface area contributed by atoms with Gasteiger partial charge in [-0.1, -0.05) is 40.9 Å². The lowest BCUT2D eigenvalue weighted by Gasteiger charge is -2.17. The van der Waals surface area contributed by atoms with Crippen LogP contribution >= 0.6 is 23.2 Å². The average Bonchev–Trinajstić information content (AvgIpc) is 2.50. The zero-order chi connectivity index (χ0) is 18.7. The number of halogens is 2. The maximum absolute atomic E-state index is 12.4. The van der Waals surface area contributed by atoms with Crippen LogP contribution in [0.2, 0.25) is 10.0 Å². The summed E-state index contributed by atoms with van der Waals surface area (Å²) in [4.78, 5) is 24.6. The molecule has 0 saturated heterocycles. The molecule has 2 rings (SSSR count). The van der Waals surface area contributed by atoms with E-state index in [0.29, 0.717) is 5.02 Å². The first-order valence-electron chi connectivity index (χ1n) is 7.73. The predicted octanol–water partition coefficient (Wildman–Crippen LogP) is 5.10. The molecule has 1 atom stereocenters. The molecule has 2 aromatic carbocycles. The van der Waals surface area contributed by atoms with Gasteiger partial charge in [0.05, 0.1) is 10.6 Å². The van der Waals surface area contributed by atoms with Crippen LogP contribution in [0.4, 0.5) is 5.69 Å². The Hall–Kier alpha value is -2.04. The zero-order valence-electron chi connectivity index (χ0n) is 14.4. The molecule has 0 aromatic heterocycles. The van der Waals surface area contributed by atoms with Crippen molar-refractivity contribution in [3.63, 3.8) is 0 Å². The third-order valence-corrected chi connectivity index (χ3v) is 4.28. The molecule has 0 unspecified atom stereocenters. The first-order valence-corrected chi connectivity index (χ1v) is 8.49. The van der Waals surface area contributed by atoms with Gasteiger partial charge in [0.1, 0.15) is 0 Å². The minimum atomic E-state index is -0.973. The van der Waals surface area contributed by atoms with Gasteiger partial charge in [0.25, 0.3) is 5.91 Å². The van der Waals surface area contributed by atoms with Crippen LogP contribution in [-0.2, 0) is 9.53 Å². The molecular formula is C19H19Cl2NO3. The number of benzene rings is 2. The maximum Gasteiger partial charge on any atom is 0.340 e. The van der Waals surface area contributed by atoms with Gasteiger partial charge >= 0.3 is 5.97 Å². The van der Waals surface area contributed by atoms with E-state index >= 15 is 0 Å². The second-order valence-corrected chi connectivity index (χ2v) is 6.78. The van der Waals surface area contributed by atoms with Gasteiger partial charge in [-0.15, -0.1) is 0 Å². The van der Waals surface area contributed by atoms with E-state index < -0.39 is 18.0 Å². The minimum Gasteiger partial charge on any atom is -0.449 e. The maximum atomic E-state index is 12.4. The third kappa shape index (κ3) is 4.74. The standard InChI is InChI=1S/C19H19Cl2NO3/c1-10-7-11(2)17(12(3)8-10)22-18(23)13(4)25-19(24)15-6-5-14(20)9-16(15)21/h5-9,13H,1-4H3,(H,22,23)/t13-/m1/s1. The van der Waals surface area contributed by atoms with Crippen LogP contribution in [0.25, 0.3) is 0 Å². The summed E-state index contributed by atoms with van der Waals surface area (Å²) in [7, 11) is 0. The molecule has 2 aromatic rings. The number of esters is 1. The second kappa shape index (κ2) is 7.89. The number of carbonyl (C=O) groups excluding carboxylic acids is 2. The number of carbonyl (C=O) groups is 2. The number of nitrogens with one attached hydrogen (secondary N) is 1. The quantitative estimate of drug-likeness (QED) is 0.751. The van der Waals surface area contributed by atoms with Gasteiger partial charge in [0.15, 0.2) is 6.10 Å².